The fourth-order valence-corrected chi connectivity index (χ4v) is 8.92. The summed E-state index contributed by atoms with van der Waals surface area (Å²) in [5, 5.41) is 2.37. The van der Waals surface area contributed by atoms with Gasteiger partial charge in [-0.3, -0.25) is 0 Å². The molecule has 2 nitrogen and oxygen atoms in total. The minimum absolute atomic E-state index is 0.417. The van der Waals surface area contributed by atoms with Crippen molar-refractivity contribution in [2.24, 2.45) is 0 Å². The van der Waals surface area contributed by atoms with Crippen molar-refractivity contribution >= 4 is 10.8 Å². The molecule has 2 aliphatic rings. The van der Waals surface area contributed by atoms with Crippen LogP contribution in [0.2, 0.25) is 0 Å². The van der Waals surface area contributed by atoms with Gasteiger partial charge < -0.3 is 0 Å². The van der Waals surface area contributed by atoms with Gasteiger partial charge in [-0.25, -0.2) is 9.97 Å². The predicted octanol–water partition coefficient (Wildman–Crippen LogP) is 12.6. The molecule has 246 valence electrons. The zero-order chi connectivity index (χ0) is 34.9. The Labute approximate surface area is 308 Å². The Morgan fingerprint density at radius 3 is 1.42 bits per heavy atom. The summed E-state index contributed by atoms with van der Waals surface area (Å²) >= 11 is 0. The van der Waals surface area contributed by atoms with Gasteiger partial charge in [0.15, 0.2) is 5.82 Å². The number of benzene rings is 8. The van der Waals surface area contributed by atoms with E-state index in [4.69, 9.17) is 9.97 Å². The first-order valence-corrected chi connectivity index (χ1v) is 18.2. The van der Waals surface area contributed by atoms with Crippen LogP contribution in [0.5, 0.6) is 0 Å². The van der Waals surface area contributed by atoms with Crippen LogP contribution < -0.4 is 0 Å². The molecule has 0 saturated carbocycles. The lowest BCUT2D eigenvalue weighted by Crippen LogP contribution is -2.25. The number of aromatic nitrogens is 2. The number of hydrogen-bond donors (Lipinski definition) is 0. The number of rotatable bonds is 4. The van der Waals surface area contributed by atoms with Crippen LogP contribution in [0.3, 0.4) is 0 Å². The standard InChI is InChI=1S/C51H32N2/c1-2-12-33(13-3-1)35-22-25-36(26-23-35)48-32-49(53-50(52-48)39-27-24-34-14-4-5-15-37(34)30-39)38-28-29-43-42-18-8-11-21-46(42)51(47(43)31-38)44-19-9-6-16-40(44)41-17-7-10-20-45(41)51/h1-32H. The molecule has 0 bridgehead atoms. The lowest BCUT2D eigenvalue weighted by atomic mass is 9.70. The van der Waals surface area contributed by atoms with Crippen LogP contribution in [0.25, 0.3) is 78.1 Å². The van der Waals surface area contributed by atoms with E-state index in [1.165, 1.54) is 66.4 Å². The van der Waals surface area contributed by atoms with Gasteiger partial charge in [0.25, 0.3) is 0 Å². The highest BCUT2D eigenvalue weighted by atomic mass is 14.9. The van der Waals surface area contributed by atoms with Crippen LogP contribution in [0.15, 0.2) is 194 Å². The summed E-state index contributed by atoms with van der Waals surface area (Å²) in [5.41, 5.74) is 17.4. The molecule has 0 unspecified atom stereocenters. The summed E-state index contributed by atoms with van der Waals surface area (Å²) in [7, 11) is 0. The van der Waals surface area contributed by atoms with Gasteiger partial charge in [0, 0.05) is 16.7 Å². The minimum Gasteiger partial charge on any atom is -0.228 e. The van der Waals surface area contributed by atoms with Gasteiger partial charge in [0.05, 0.1) is 16.8 Å². The van der Waals surface area contributed by atoms with E-state index < -0.39 is 5.41 Å². The summed E-state index contributed by atoms with van der Waals surface area (Å²) in [6.45, 7) is 0. The fourth-order valence-electron chi connectivity index (χ4n) is 8.92. The Hall–Kier alpha value is -6.90. The lowest BCUT2D eigenvalue weighted by molar-refractivity contribution is 0.794. The second kappa shape index (κ2) is 11.6. The summed E-state index contributed by atoms with van der Waals surface area (Å²) in [5.74, 6) is 0.713. The first kappa shape index (κ1) is 29.8. The van der Waals surface area contributed by atoms with Gasteiger partial charge in [-0.2, -0.15) is 0 Å². The monoisotopic (exact) mass is 672 g/mol. The summed E-state index contributed by atoms with van der Waals surface area (Å²) in [6.07, 6.45) is 0. The van der Waals surface area contributed by atoms with Crippen LogP contribution in [0.4, 0.5) is 0 Å². The third-order valence-electron chi connectivity index (χ3n) is 11.3. The van der Waals surface area contributed by atoms with Crippen molar-refractivity contribution in [2.45, 2.75) is 5.41 Å². The van der Waals surface area contributed by atoms with E-state index in [0.29, 0.717) is 5.82 Å². The van der Waals surface area contributed by atoms with Gasteiger partial charge in [-0.15, -0.1) is 0 Å². The van der Waals surface area contributed by atoms with Crippen molar-refractivity contribution in [2.75, 3.05) is 0 Å². The van der Waals surface area contributed by atoms with E-state index in [1.54, 1.807) is 0 Å². The molecule has 0 atom stereocenters. The SMILES string of the molecule is c1ccc(-c2ccc(-c3cc(-c4ccc5c(c4)C4(c6ccccc6-c6ccccc64)c4ccccc4-5)nc(-c4ccc5ccccc5c4)n3)cc2)cc1. The second-order valence-electron chi connectivity index (χ2n) is 14.1. The van der Waals surface area contributed by atoms with Crippen LogP contribution in [-0.4, -0.2) is 9.97 Å². The molecular weight excluding hydrogens is 641 g/mol. The summed E-state index contributed by atoms with van der Waals surface area (Å²) < 4.78 is 0. The van der Waals surface area contributed by atoms with Crippen LogP contribution >= 0.6 is 0 Å². The van der Waals surface area contributed by atoms with E-state index in [-0.39, 0.29) is 0 Å². The maximum atomic E-state index is 5.34. The van der Waals surface area contributed by atoms with E-state index >= 15 is 0 Å². The zero-order valence-electron chi connectivity index (χ0n) is 28.9. The minimum atomic E-state index is -0.417. The average Bonchev–Trinajstić information content (AvgIpc) is 3.71. The van der Waals surface area contributed by atoms with E-state index in [1.807, 2.05) is 0 Å². The zero-order valence-corrected chi connectivity index (χ0v) is 28.9. The number of hydrogen-bond acceptors (Lipinski definition) is 2. The van der Waals surface area contributed by atoms with Crippen LogP contribution in [0, 0.1) is 0 Å². The third-order valence-corrected chi connectivity index (χ3v) is 11.3. The molecule has 9 aromatic rings. The Balaban J connectivity index is 1.13. The molecule has 0 aliphatic heterocycles. The van der Waals surface area contributed by atoms with Gasteiger partial charge in [-0.05, 0) is 84.6 Å². The van der Waals surface area contributed by atoms with Gasteiger partial charge in [0.1, 0.15) is 0 Å². The highest BCUT2D eigenvalue weighted by Crippen LogP contribution is 2.63. The van der Waals surface area contributed by atoms with Gasteiger partial charge >= 0.3 is 0 Å². The highest BCUT2D eigenvalue weighted by molar-refractivity contribution is 5.96. The molecule has 53 heavy (non-hydrogen) atoms. The van der Waals surface area contributed by atoms with Crippen molar-refractivity contribution in [3.05, 3.63) is 216 Å². The molecule has 11 rings (SSSR count). The van der Waals surface area contributed by atoms with E-state index in [9.17, 15) is 0 Å². The normalized spacial score (nSPS) is 13.1. The predicted molar refractivity (Wildman–Crippen MR) is 218 cm³/mol. The molecular formula is C51H32N2. The molecule has 0 fully saturated rings. The molecule has 1 aromatic heterocycles. The van der Waals surface area contributed by atoms with E-state index in [2.05, 4.69) is 194 Å². The van der Waals surface area contributed by atoms with Gasteiger partial charge in [-0.1, -0.05) is 176 Å². The topological polar surface area (TPSA) is 25.8 Å². The number of nitrogens with zero attached hydrogens (tertiary/aromatic N) is 2. The molecule has 2 aliphatic carbocycles. The molecule has 2 heteroatoms. The van der Waals surface area contributed by atoms with Crippen molar-refractivity contribution in [1.29, 1.82) is 0 Å². The maximum absolute atomic E-state index is 5.34. The van der Waals surface area contributed by atoms with E-state index in [0.717, 1.165) is 28.1 Å². The lowest BCUT2D eigenvalue weighted by Gasteiger charge is -2.30. The fraction of sp³-hybridized carbons (Fsp3) is 0.0196. The highest BCUT2D eigenvalue weighted by Gasteiger charge is 2.51. The van der Waals surface area contributed by atoms with Crippen molar-refractivity contribution in [3.63, 3.8) is 0 Å². The maximum Gasteiger partial charge on any atom is 0.160 e. The average molecular weight is 673 g/mol. The number of fused-ring (bicyclic) bond motifs is 11. The summed E-state index contributed by atoms with van der Waals surface area (Å²) in [4.78, 5) is 10.6. The smallest absolute Gasteiger partial charge is 0.160 e. The first-order chi connectivity index (χ1) is 26.3. The Morgan fingerprint density at radius 1 is 0.283 bits per heavy atom. The molecule has 0 N–H and O–H groups in total. The summed E-state index contributed by atoms with van der Waals surface area (Å²) in [6, 6.07) is 70.2. The molecule has 0 radical (unpaired) electrons. The molecule has 0 amide bonds. The van der Waals surface area contributed by atoms with Crippen molar-refractivity contribution in [3.8, 4) is 67.3 Å². The second-order valence-corrected chi connectivity index (χ2v) is 14.1. The van der Waals surface area contributed by atoms with Crippen molar-refractivity contribution in [1.82, 2.24) is 9.97 Å². The van der Waals surface area contributed by atoms with Crippen LogP contribution in [-0.2, 0) is 5.41 Å². The third kappa shape index (κ3) is 4.46. The Morgan fingerprint density at radius 2 is 0.755 bits per heavy atom. The molecule has 8 aromatic carbocycles. The molecule has 1 heterocycles. The Kier molecular flexibility index (Phi) is 6.50. The molecule has 0 saturated heterocycles. The Bertz CT molecular complexity index is 2820. The van der Waals surface area contributed by atoms with Crippen LogP contribution in [0.1, 0.15) is 22.3 Å². The van der Waals surface area contributed by atoms with Gasteiger partial charge in [0.2, 0.25) is 0 Å². The largest absolute Gasteiger partial charge is 0.228 e. The quantitative estimate of drug-likeness (QED) is 0.186. The molecule has 1 spiro atoms. The first-order valence-electron chi connectivity index (χ1n) is 18.2. The van der Waals surface area contributed by atoms with Crippen molar-refractivity contribution < 1.29 is 0 Å².